The van der Waals surface area contributed by atoms with Crippen molar-refractivity contribution < 1.29 is 57.9 Å². The molecule has 0 bridgehead atoms. The number of ether oxygens (including phenoxy) is 4. The van der Waals surface area contributed by atoms with Crippen molar-refractivity contribution in [3.8, 4) is 0 Å². The molecule has 172 valence electrons. The molecule has 0 heterocycles. The first kappa shape index (κ1) is 40.4. The van der Waals surface area contributed by atoms with Gasteiger partial charge in [0, 0.05) is 97.2 Å². The monoisotopic (exact) mass is 496 g/mol. The molecule has 0 aliphatic carbocycles. The Labute approximate surface area is 230 Å². The number of aliphatic carboxylic acids is 2. The molecule has 12 nitrogen and oxygen atoms in total. The van der Waals surface area contributed by atoms with Crippen LogP contribution in [0.3, 0.4) is 0 Å². The van der Waals surface area contributed by atoms with Crippen molar-refractivity contribution in [2.45, 2.75) is 13.8 Å². The molecule has 0 atom stereocenters. The van der Waals surface area contributed by atoms with Gasteiger partial charge in [0.05, 0.1) is 27.4 Å². The molecule has 32 heavy (non-hydrogen) atoms. The van der Waals surface area contributed by atoms with Gasteiger partial charge >= 0.3 is 35.8 Å². The van der Waals surface area contributed by atoms with Gasteiger partial charge in [-0.2, -0.15) is 0 Å². The van der Waals surface area contributed by atoms with Crippen LogP contribution >= 0.6 is 0 Å². The topological polar surface area (TPSA) is 180 Å². The number of carbonyl (C=O) groups is 6. The van der Waals surface area contributed by atoms with Gasteiger partial charge < -0.3 is 29.2 Å². The quantitative estimate of drug-likeness (QED) is 0.191. The number of rotatable bonds is 8. The van der Waals surface area contributed by atoms with E-state index in [9.17, 15) is 28.8 Å². The van der Waals surface area contributed by atoms with Crippen molar-refractivity contribution in [3.05, 3.63) is 36.5 Å². The maximum Gasteiger partial charge on any atom is 0.330 e. The first-order valence-corrected chi connectivity index (χ1v) is 8.03. The van der Waals surface area contributed by atoms with Gasteiger partial charge in [-0.3, -0.25) is 0 Å². The van der Waals surface area contributed by atoms with Crippen LogP contribution in [0, 0.1) is 0 Å². The fourth-order valence-corrected chi connectivity index (χ4v) is 0.932. The van der Waals surface area contributed by atoms with Crippen molar-refractivity contribution in [2.24, 2.45) is 0 Å². The van der Waals surface area contributed by atoms with E-state index >= 15 is 0 Å². The van der Waals surface area contributed by atoms with E-state index in [1.807, 2.05) is 0 Å². The van der Waals surface area contributed by atoms with Crippen LogP contribution < -0.4 is 0 Å². The average molecular weight is 497 g/mol. The van der Waals surface area contributed by atoms with Crippen LogP contribution in [0.15, 0.2) is 36.5 Å². The van der Waals surface area contributed by atoms with Crippen LogP contribution in [0.1, 0.15) is 13.8 Å². The second-order valence-corrected chi connectivity index (χ2v) is 4.23. The third-order valence-electron chi connectivity index (χ3n) is 2.06. The molecule has 14 heteroatoms. The number of carbonyl (C=O) groups excluding carboxylic acids is 4. The molecule has 0 unspecified atom stereocenters. The molecule has 0 aromatic heterocycles. The predicted molar refractivity (Wildman–Crippen MR) is 111 cm³/mol. The first-order chi connectivity index (χ1) is 14.0. The Kier molecular flexibility index (Phi) is 36.7. The van der Waals surface area contributed by atoms with Crippen molar-refractivity contribution in [1.29, 1.82) is 0 Å². The van der Waals surface area contributed by atoms with Crippen LogP contribution in [0.4, 0.5) is 0 Å². The molecule has 0 rings (SSSR count). The number of carboxylic acid groups (broad SMARTS) is 2. The largest absolute Gasteiger partial charge is 0.478 e. The number of methoxy groups -OCH3 is 2. The maximum absolute atomic E-state index is 10.4. The summed E-state index contributed by atoms with van der Waals surface area (Å²) >= 11 is 0. The molecule has 0 saturated carbocycles. The summed E-state index contributed by atoms with van der Waals surface area (Å²) in [5.41, 5.74) is 0. The SMILES string of the molecule is CCOC(=O)/C=C/C(=O)O.CCOC(=O)/C=C/C(=O)O.COC(=O)/C=C/C(=O)OC.[Ca].[Mg]. The van der Waals surface area contributed by atoms with Gasteiger partial charge in [0.25, 0.3) is 0 Å². The Hall–Kier alpha value is -1.93. The minimum absolute atomic E-state index is 0. The summed E-state index contributed by atoms with van der Waals surface area (Å²) in [6, 6.07) is 0. The third kappa shape index (κ3) is 38.6. The summed E-state index contributed by atoms with van der Waals surface area (Å²) in [6.07, 6.45) is 5.19. The van der Waals surface area contributed by atoms with Crippen molar-refractivity contribution in [1.82, 2.24) is 0 Å². The van der Waals surface area contributed by atoms with Gasteiger partial charge in [0.1, 0.15) is 0 Å². The zero-order valence-electron chi connectivity index (χ0n) is 18.3. The summed E-state index contributed by atoms with van der Waals surface area (Å²) in [4.78, 5) is 61.0. The zero-order chi connectivity index (χ0) is 23.9. The molecule has 0 aromatic rings. The number of carboxylic acids is 2. The summed E-state index contributed by atoms with van der Waals surface area (Å²) in [7, 11) is 2.45. The summed E-state index contributed by atoms with van der Waals surface area (Å²) in [5.74, 6) is -4.74. The molecule has 4 radical (unpaired) electrons. The van der Waals surface area contributed by atoms with Gasteiger partial charge in [0.15, 0.2) is 0 Å². The first-order valence-electron chi connectivity index (χ1n) is 8.03. The molecule has 0 spiro atoms. The minimum Gasteiger partial charge on any atom is -0.478 e. The van der Waals surface area contributed by atoms with Gasteiger partial charge in [-0.25, -0.2) is 28.8 Å². The van der Waals surface area contributed by atoms with Gasteiger partial charge in [-0.15, -0.1) is 0 Å². The van der Waals surface area contributed by atoms with E-state index in [0.717, 1.165) is 36.5 Å². The van der Waals surface area contributed by atoms with Gasteiger partial charge in [0.2, 0.25) is 0 Å². The summed E-state index contributed by atoms with van der Waals surface area (Å²) in [6.45, 7) is 3.80. The van der Waals surface area contributed by atoms with Crippen LogP contribution in [0.25, 0.3) is 0 Å². The zero-order valence-corrected chi connectivity index (χ0v) is 21.9. The fourth-order valence-electron chi connectivity index (χ4n) is 0.932. The van der Waals surface area contributed by atoms with Gasteiger partial charge in [-0.1, -0.05) is 0 Å². The maximum atomic E-state index is 10.4. The molecular formula is C18H24CaMgO12. The van der Waals surface area contributed by atoms with E-state index in [4.69, 9.17) is 10.2 Å². The van der Waals surface area contributed by atoms with Gasteiger partial charge in [-0.05, 0) is 13.8 Å². The second kappa shape index (κ2) is 29.1. The predicted octanol–water partition coefficient (Wildman–Crippen LogP) is -0.492. The Morgan fingerprint density at radius 2 is 0.844 bits per heavy atom. The molecule has 0 aliphatic heterocycles. The van der Waals surface area contributed by atoms with E-state index in [0.29, 0.717) is 0 Å². The smallest absolute Gasteiger partial charge is 0.330 e. The van der Waals surface area contributed by atoms with E-state index in [1.54, 1.807) is 13.8 Å². The van der Waals surface area contributed by atoms with E-state index in [-0.39, 0.29) is 74.0 Å². The Morgan fingerprint density at radius 3 is 1.03 bits per heavy atom. The Bertz CT molecular complexity index is 615. The Balaban J connectivity index is -0.000000110. The fraction of sp³-hybridized carbons (Fsp3) is 0.333. The standard InChI is InChI=1S/3C6H8O4.Ca.Mg/c1-9-5(7)3-4-6(8)10-2;2*1-2-10-6(9)4-3-5(7)8;;/h3-4H,1-2H3;2*3-4H,2H2,1H3,(H,7,8);;/b3*4-3+;;. The van der Waals surface area contributed by atoms with Crippen LogP contribution in [-0.4, -0.2) is 134 Å². The minimum atomic E-state index is -1.16. The van der Waals surface area contributed by atoms with Crippen molar-refractivity contribution in [2.75, 3.05) is 27.4 Å². The normalized spacial score (nSPS) is 9.00. The number of esters is 4. The molecule has 0 aliphatic rings. The third-order valence-corrected chi connectivity index (χ3v) is 2.06. The average Bonchev–Trinajstić information content (AvgIpc) is 2.70. The molecular weight excluding hydrogens is 473 g/mol. The molecule has 2 N–H and O–H groups in total. The molecule has 0 fully saturated rings. The van der Waals surface area contributed by atoms with Crippen molar-refractivity contribution >= 4 is 96.6 Å². The summed E-state index contributed by atoms with van der Waals surface area (Å²) < 4.78 is 17.2. The Morgan fingerprint density at radius 1 is 0.594 bits per heavy atom. The molecule has 0 amide bonds. The number of hydrogen-bond donors (Lipinski definition) is 2. The van der Waals surface area contributed by atoms with Crippen LogP contribution in [0.2, 0.25) is 0 Å². The van der Waals surface area contributed by atoms with E-state index in [1.165, 1.54) is 14.2 Å². The molecule has 0 aromatic carbocycles. The second-order valence-electron chi connectivity index (χ2n) is 4.23. The molecule has 0 saturated heterocycles. The van der Waals surface area contributed by atoms with Crippen LogP contribution in [-0.2, 0) is 47.7 Å². The van der Waals surface area contributed by atoms with E-state index < -0.39 is 35.8 Å². The number of hydrogen-bond acceptors (Lipinski definition) is 10. The van der Waals surface area contributed by atoms with Crippen LogP contribution in [0.5, 0.6) is 0 Å². The van der Waals surface area contributed by atoms with Crippen molar-refractivity contribution in [3.63, 3.8) is 0 Å². The summed E-state index contributed by atoms with van der Waals surface area (Å²) in [5, 5.41) is 16.1. The van der Waals surface area contributed by atoms with E-state index in [2.05, 4.69) is 18.9 Å².